The largest absolute Gasteiger partial charge is 0.355 e. The molecule has 1 aliphatic rings. The summed E-state index contributed by atoms with van der Waals surface area (Å²) in [6.07, 6.45) is 0. The normalized spacial score (nSPS) is 14.4. The van der Waals surface area contributed by atoms with Gasteiger partial charge in [0.1, 0.15) is 5.82 Å². The molecule has 1 fully saturated rings. The predicted molar refractivity (Wildman–Crippen MR) is 119 cm³/mol. The van der Waals surface area contributed by atoms with E-state index < -0.39 is 5.82 Å². The minimum Gasteiger partial charge on any atom is -0.355 e. The van der Waals surface area contributed by atoms with Crippen LogP contribution in [0.15, 0.2) is 53.1 Å². The summed E-state index contributed by atoms with van der Waals surface area (Å²) in [5.41, 5.74) is 3.30. The zero-order valence-corrected chi connectivity index (χ0v) is 18.1. The van der Waals surface area contributed by atoms with Crippen LogP contribution in [0.3, 0.4) is 0 Å². The number of hydrogen-bond donors (Lipinski definition) is 1. The van der Waals surface area contributed by atoms with Crippen LogP contribution in [0.2, 0.25) is 0 Å². The van der Waals surface area contributed by atoms with Crippen LogP contribution in [0.25, 0.3) is 11.3 Å². The second-order valence-corrected chi connectivity index (χ2v) is 7.94. The van der Waals surface area contributed by atoms with Crippen molar-refractivity contribution >= 4 is 17.5 Å². The van der Waals surface area contributed by atoms with Crippen molar-refractivity contribution in [2.75, 3.05) is 38.0 Å². The van der Waals surface area contributed by atoms with Gasteiger partial charge >= 0.3 is 0 Å². The fourth-order valence-corrected chi connectivity index (χ4v) is 3.83. The number of hydrogen-bond acceptors (Lipinski definition) is 5. The Labute approximate surface area is 185 Å². The number of benzene rings is 2. The highest BCUT2D eigenvalue weighted by Gasteiger charge is 2.26. The van der Waals surface area contributed by atoms with Crippen molar-refractivity contribution < 1.29 is 18.5 Å². The molecule has 1 saturated heterocycles. The fourth-order valence-electron chi connectivity index (χ4n) is 3.83. The van der Waals surface area contributed by atoms with Gasteiger partial charge in [-0.1, -0.05) is 35.5 Å². The number of carbonyl (C=O) groups excluding carboxylic acids is 2. The number of aromatic nitrogens is 1. The van der Waals surface area contributed by atoms with E-state index in [1.807, 2.05) is 36.9 Å². The number of anilines is 1. The van der Waals surface area contributed by atoms with Crippen molar-refractivity contribution in [3.63, 3.8) is 0 Å². The molecule has 2 heterocycles. The van der Waals surface area contributed by atoms with Crippen molar-refractivity contribution in [3.05, 3.63) is 71.2 Å². The molecule has 0 bridgehead atoms. The molecule has 1 aromatic heterocycles. The van der Waals surface area contributed by atoms with Gasteiger partial charge < -0.3 is 14.7 Å². The number of carbonyl (C=O) groups is 2. The molecule has 0 radical (unpaired) electrons. The van der Waals surface area contributed by atoms with Crippen molar-refractivity contribution in [2.24, 2.45) is 0 Å². The van der Waals surface area contributed by atoms with E-state index in [0.29, 0.717) is 26.2 Å². The Kier molecular flexibility index (Phi) is 6.32. The van der Waals surface area contributed by atoms with Gasteiger partial charge in [-0.2, -0.15) is 0 Å². The van der Waals surface area contributed by atoms with E-state index in [1.54, 1.807) is 23.1 Å². The number of nitrogens with one attached hydrogen (secondary N) is 1. The molecule has 0 saturated carbocycles. The summed E-state index contributed by atoms with van der Waals surface area (Å²) >= 11 is 0. The van der Waals surface area contributed by atoms with Crippen LogP contribution in [0.1, 0.15) is 21.6 Å². The maximum absolute atomic E-state index is 13.9. The van der Waals surface area contributed by atoms with E-state index in [0.717, 1.165) is 16.8 Å². The first-order valence-electron chi connectivity index (χ1n) is 10.5. The van der Waals surface area contributed by atoms with Gasteiger partial charge in [0.05, 0.1) is 12.1 Å². The zero-order valence-electron chi connectivity index (χ0n) is 18.1. The molecule has 1 N–H and O–H groups in total. The minimum absolute atomic E-state index is 0.0757. The molecule has 166 valence electrons. The Bertz CT molecular complexity index is 1120. The number of nitrogens with zero attached hydrogens (tertiary/aromatic N) is 3. The lowest BCUT2D eigenvalue weighted by atomic mass is 10.1. The van der Waals surface area contributed by atoms with Gasteiger partial charge in [-0.15, -0.1) is 0 Å². The third-order valence-corrected chi connectivity index (χ3v) is 5.64. The van der Waals surface area contributed by atoms with Crippen LogP contribution in [-0.4, -0.2) is 59.5 Å². The first kappa shape index (κ1) is 21.7. The quantitative estimate of drug-likeness (QED) is 0.662. The maximum atomic E-state index is 13.9. The molecule has 2 aromatic carbocycles. The number of aryl methyl sites for hydroxylation is 2. The molecular formula is C24H25FN4O3. The van der Waals surface area contributed by atoms with Crippen LogP contribution < -0.4 is 5.32 Å². The summed E-state index contributed by atoms with van der Waals surface area (Å²) in [6.45, 7) is 6.28. The fraction of sp³-hybridized carbons (Fsp3) is 0.292. The molecular weight excluding hydrogens is 411 g/mol. The lowest BCUT2D eigenvalue weighted by Crippen LogP contribution is -2.50. The Morgan fingerprint density at radius 2 is 1.72 bits per heavy atom. The van der Waals surface area contributed by atoms with Crippen LogP contribution in [0.4, 0.5) is 10.1 Å². The second kappa shape index (κ2) is 9.32. The first-order chi connectivity index (χ1) is 15.4. The molecule has 8 heteroatoms. The van der Waals surface area contributed by atoms with E-state index in [9.17, 15) is 14.0 Å². The zero-order chi connectivity index (χ0) is 22.7. The molecule has 3 aromatic rings. The lowest BCUT2D eigenvalue weighted by molar-refractivity contribution is -0.117. The van der Waals surface area contributed by atoms with Crippen LogP contribution in [0.5, 0.6) is 0 Å². The highest BCUT2D eigenvalue weighted by molar-refractivity contribution is 5.94. The topological polar surface area (TPSA) is 78.7 Å². The molecule has 32 heavy (non-hydrogen) atoms. The van der Waals surface area contributed by atoms with Crippen molar-refractivity contribution in [1.82, 2.24) is 15.0 Å². The van der Waals surface area contributed by atoms with E-state index in [2.05, 4.69) is 10.5 Å². The molecule has 0 atom stereocenters. The van der Waals surface area contributed by atoms with Gasteiger partial charge in [0.25, 0.3) is 5.91 Å². The van der Waals surface area contributed by atoms with E-state index in [4.69, 9.17) is 4.52 Å². The predicted octanol–water partition coefficient (Wildman–Crippen LogP) is 3.49. The summed E-state index contributed by atoms with van der Waals surface area (Å²) in [5, 5.41) is 6.82. The van der Waals surface area contributed by atoms with E-state index in [1.165, 1.54) is 12.1 Å². The van der Waals surface area contributed by atoms with Crippen LogP contribution in [-0.2, 0) is 4.79 Å². The summed E-state index contributed by atoms with van der Waals surface area (Å²) < 4.78 is 19.1. The minimum atomic E-state index is -0.435. The van der Waals surface area contributed by atoms with Gasteiger partial charge in [-0.3, -0.25) is 14.5 Å². The first-order valence-corrected chi connectivity index (χ1v) is 10.5. The molecule has 7 nitrogen and oxygen atoms in total. The van der Waals surface area contributed by atoms with Crippen LogP contribution in [0, 0.1) is 19.7 Å². The van der Waals surface area contributed by atoms with Crippen molar-refractivity contribution in [1.29, 1.82) is 0 Å². The van der Waals surface area contributed by atoms with Gasteiger partial charge in [0.15, 0.2) is 11.5 Å². The molecule has 2 amide bonds. The van der Waals surface area contributed by atoms with Crippen molar-refractivity contribution in [2.45, 2.75) is 13.8 Å². The Balaban J connectivity index is 1.31. The summed E-state index contributed by atoms with van der Waals surface area (Å²) in [4.78, 5) is 29.0. The molecule has 0 spiro atoms. The average Bonchev–Trinajstić information content (AvgIpc) is 3.27. The third kappa shape index (κ3) is 4.70. The standard InChI is InChI=1S/C24H25FN4O3/c1-16-6-5-7-17(2)23(16)26-22(30)15-28-10-12-29(13-11-28)24(31)20-14-21(32-27-20)18-8-3-4-9-19(18)25/h3-9,14H,10-13,15H2,1-2H3,(H,26,30). The summed E-state index contributed by atoms with van der Waals surface area (Å²) in [6, 6.07) is 13.5. The molecule has 1 aliphatic heterocycles. The van der Waals surface area contributed by atoms with E-state index in [-0.39, 0.29) is 35.4 Å². The maximum Gasteiger partial charge on any atom is 0.276 e. The number of piperazine rings is 1. The van der Waals surface area contributed by atoms with Crippen molar-refractivity contribution in [3.8, 4) is 11.3 Å². The smallest absolute Gasteiger partial charge is 0.276 e. The Morgan fingerprint density at radius 3 is 2.41 bits per heavy atom. The molecule has 0 aliphatic carbocycles. The summed E-state index contributed by atoms with van der Waals surface area (Å²) in [5.74, 6) is -0.562. The third-order valence-electron chi connectivity index (χ3n) is 5.64. The number of halogens is 1. The van der Waals surface area contributed by atoms with Gasteiger partial charge in [-0.25, -0.2) is 4.39 Å². The Hall–Kier alpha value is -3.52. The van der Waals surface area contributed by atoms with Gasteiger partial charge in [0.2, 0.25) is 5.91 Å². The van der Waals surface area contributed by atoms with E-state index >= 15 is 0 Å². The van der Waals surface area contributed by atoms with Crippen LogP contribution >= 0.6 is 0 Å². The summed E-state index contributed by atoms with van der Waals surface area (Å²) in [7, 11) is 0. The number of amides is 2. The van der Waals surface area contributed by atoms with Gasteiger partial charge in [-0.05, 0) is 37.1 Å². The SMILES string of the molecule is Cc1cccc(C)c1NC(=O)CN1CCN(C(=O)c2cc(-c3ccccc3F)on2)CC1. The molecule has 0 unspecified atom stereocenters. The highest BCUT2D eigenvalue weighted by Crippen LogP contribution is 2.24. The average molecular weight is 436 g/mol. The lowest BCUT2D eigenvalue weighted by Gasteiger charge is -2.33. The molecule has 4 rings (SSSR count). The number of rotatable bonds is 5. The second-order valence-electron chi connectivity index (χ2n) is 7.94. The Morgan fingerprint density at radius 1 is 1.03 bits per heavy atom. The highest BCUT2D eigenvalue weighted by atomic mass is 19.1. The number of para-hydroxylation sites is 1. The monoisotopic (exact) mass is 436 g/mol. The van der Waals surface area contributed by atoms with Gasteiger partial charge in [0, 0.05) is 37.9 Å².